The van der Waals surface area contributed by atoms with E-state index in [1.54, 1.807) is 24.3 Å². The first-order valence-corrected chi connectivity index (χ1v) is 10.8. The number of furan rings is 1. The summed E-state index contributed by atoms with van der Waals surface area (Å²) >= 11 is 0. The van der Waals surface area contributed by atoms with Gasteiger partial charge in [0.1, 0.15) is 11.9 Å². The van der Waals surface area contributed by atoms with Gasteiger partial charge < -0.3 is 14.8 Å². The van der Waals surface area contributed by atoms with Crippen molar-refractivity contribution in [3.05, 3.63) is 53.5 Å². The lowest BCUT2D eigenvalue weighted by Gasteiger charge is -2.30. The zero-order chi connectivity index (χ0) is 20.3. The number of benzene rings is 1. The molecule has 8 heteroatoms. The maximum absolute atomic E-state index is 12.9. The van der Waals surface area contributed by atoms with Crippen LogP contribution in [-0.4, -0.2) is 43.4 Å². The van der Waals surface area contributed by atoms with Crippen LogP contribution in [0, 0.1) is 19.8 Å². The van der Waals surface area contributed by atoms with E-state index in [4.69, 9.17) is 4.42 Å². The molecule has 28 heavy (non-hydrogen) atoms. The van der Waals surface area contributed by atoms with Gasteiger partial charge in [0.15, 0.2) is 0 Å². The fourth-order valence-corrected chi connectivity index (χ4v) is 4.86. The number of amides is 1. The Balaban J connectivity index is 1.54. The number of hydrogen-bond donors (Lipinski definition) is 2. The molecule has 1 aliphatic heterocycles. The highest BCUT2D eigenvalue weighted by molar-refractivity contribution is 7.89. The second-order valence-corrected chi connectivity index (χ2v) is 9.14. The van der Waals surface area contributed by atoms with Gasteiger partial charge in [-0.3, -0.25) is 4.79 Å². The number of sulfonamides is 1. The topological polar surface area (TPSA) is 99.9 Å². The summed E-state index contributed by atoms with van der Waals surface area (Å²) in [7, 11) is -3.56. The van der Waals surface area contributed by atoms with E-state index in [0.717, 1.165) is 11.1 Å². The fourth-order valence-electron chi connectivity index (χ4n) is 3.30. The Hall–Kier alpha value is -2.16. The first-order valence-electron chi connectivity index (χ1n) is 9.35. The van der Waals surface area contributed by atoms with E-state index in [1.165, 1.54) is 10.6 Å². The smallest absolute Gasteiger partial charge is 0.243 e. The van der Waals surface area contributed by atoms with Gasteiger partial charge in [0.25, 0.3) is 0 Å². The number of rotatable bonds is 6. The molecule has 1 aromatic heterocycles. The van der Waals surface area contributed by atoms with E-state index in [2.05, 4.69) is 5.32 Å². The average Bonchev–Trinajstić information content (AvgIpc) is 3.23. The largest absolute Gasteiger partial charge is 0.467 e. The number of carbonyl (C=O) groups excluding carboxylic acids is 1. The van der Waals surface area contributed by atoms with Crippen LogP contribution < -0.4 is 5.32 Å². The molecule has 152 valence electrons. The van der Waals surface area contributed by atoms with Gasteiger partial charge in [-0.25, -0.2) is 8.42 Å². The summed E-state index contributed by atoms with van der Waals surface area (Å²) < 4.78 is 32.3. The number of aliphatic hydroxyl groups is 1. The van der Waals surface area contributed by atoms with Gasteiger partial charge in [-0.1, -0.05) is 6.07 Å². The van der Waals surface area contributed by atoms with Crippen LogP contribution in [0.2, 0.25) is 0 Å². The molecule has 1 aliphatic rings. The molecule has 1 fully saturated rings. The van der Waals surface area contributed by atoms with Crippen molar-refractivity contribution >= 4 is 15.9 Å². The van der Waals surface area contributed by atoms with Crippen LogP contribution >= 0.6 is 0 Å². The number of aryl methyl sites for hydroxylation is 2. The lowest BCUT2D eigenvalue weighted by molar-refractivity contribution is -0.126. The Bertz CT molecular complexity index is 916. The van der Waals surface area contributed by atoms with E-state index < -0.39 is 16.1 Å². The number of nitrogens with one attached hydrogen (secondary N) is 1. The summed E-state index contributed by atoms with van der Waals surface area (Å²) in [5, 5.41) is 12.7. The van der Waals surface area contributed by atoms with Crippen LogP contribution in [0.4, 0.5) is 0 Å². The lowest BCUT2D eigenvalue weighted by atomic mass is 9.97. The number of aliphatic hydroxyl groups excluding tert-OH is 1. The fraction of sp³-hybridized carbons (Fsp3) is 0.450. The van der Waals surface area contributed by atoms with Gasteiger partial charge >= 0.3 is 0 Å². The van der Waals surface area contributed by atoms with Gasteiger partial charge in [0.2, 0.25) is 15.9 Å². The van der Waals surface area contributed by atoms with Crippen LogP contribution in [0.1, 0.15) is 35.8 Å². The molecule has 2 aromatic rings. The molecule has 7 nitrogen and oxygen atoms in total. The summed E-state index contributed by atoms with van der Waals surface area (Å²) in [6, 6.07) is 8.46. The van der Waals surface area contributed by atoms with Crippen molar-refractivity contribution in [3.8, 4) is 0 Å². The van der Waals surface area contributed by atoms with Crippen LogP contribution in [0.3, 0.4) is 0 Å². The highest BCUT2D eigenvalue weighted by Gasteiger charge is 2.32. The lowest BCUT2D eigenvalue weighted by Crippen LogP contribution is -2.43. The molecule has 0 saturated carbocycles. The molecular formula is C20H26N2O5S. The van der Waals surface area contributed by atoms with Crippen LogP contribution in [0.15, 0.2) is 45.9 Å². The zero-order valence-corrected chi connectivity index (χ0v) is 16.9. The van der Waals surface area contributed by atoms with Gasteiger partial charge in [-0.15, -0.1) is 0 Å². The predicted octanol–water partition coefficient (Wildman–Crippen LogP) is 2.15. The summed E-state index contributed by atoms with van der Waals surface area (Å²) in [4.78, 5) is 12.7. The van der Waals surface area contributed by atoms with Crippen molar-refractivity contribution in [2.45, 2.75) is 37.7 Å². The summed E-state index contributed by atoms with van der Waals surface area (Å²) in [5.74, 6) is -0.0431. The summed E-state index contributed by atoms with van der Waals surface area (Å²) in [6.45, 7) is 4.50. The van der Waals surface area contributed by atoms with Crippen molar-refractivity contribution in [1.29, 1.82) is 0 Å². The SMILES string of the molecule is Cc1ccc(S(=O)(=O)N2CCC(C(=O)NCC(O)c3ccco3)CC2)cc1C. The number of piperidine rings is 1. The summed E-state index contributed by atoms with van der Waals surface area (Å²) in [6.07, 6.45) is 1.47. The molecule has 0 aliphatic carbocycles. The third kappa shape index (κ3) is 4.45. The molecular weight excluding hydrogens is 380 g/mol. The second kappa shape index (κ2) is 8.46. The standard InChI is InChI=1S/C20H26N2O5S/c1-14-5-6-17(12-15(14)2)28(25,26)22-9-7-16(8-10-22)20(24)21-13-18(23)19-4-3-11-27-19/h3-6,11-12,16,18,23H,7-10,13H2,1-2H3,(H,21,24). The molecule has 0 spiro atoms. The zero-order valence-electron chi connectivity index (χ0n) is 16.1. The average molecular weight is 407 g/mol. The van der Waals surface area contributed by atoms with E-state index in [-0.39, 0.29) is 18.4 Å². The van der Waals surface area contributed by atoms with Crippen LogP contribution in [0.5, 0.6) is 0 Å². The Morgan fingerprint density at radius 1 is 1.25 bits per heavy atom. The van der Waals surface area contributed by atoms with Crippen molar-refractivity contribution in [3.63, 3.8) is 0 Å². The Morgan fingerprint density at radius 3 is 2.57 bits per heavy atom. The predicted molar refractivity (Wildman–Crippen MR) is 104 cm³/mol. The third-order valence-corrected chi connectivity index (χ3v) is 7.18. The Labute approximate surface area is 165 Å². The maximum Gasteiger partial charge on any atom is 0.243 e. The van der Waals surface area contributed by atoms with Gasteiger partial charge in [-0.2, -0.15) is 4.31 Å². The molecule has 2 heterocycles. The second-order valence-electron chi connectivity index (χ2n) is 7.20. The van der Waals surface area contributed by atoms with Crippen molar-refractivity contribution < 1.29 is 22.7 Å². The van der Waals surface area contributed by atoms with E-state index >= 15 is 0 Å². The Morgan fingerprint density at radius 2 is 1.96 bits per heavy atom. The summed E-state index contributed by atoms with van der Waals surface area (Å²) in [5.41, 5.74) is 1.98. The molecule has 1 saturated heterocycles. The highest BCUT2D eigenvalue weighted by Crippen LogP contribution is 2.25. The molecule has 2 N–H and O–H groups in total. The van der Waals surface area contributed by atoms with Crippen LogP contribution in [0.25, 0.3) is 0 Å². The van der Waals surface area contributed by atoms with Crippen molar-refractivity contribution in [2.24, 2.45) is 5.92 Å². The van der Waals surface area contributed by atoms with Gasteiger partial charge in [0, 0.05) is 19.0 Å². The molecule has 1 atom stereocenters. The van der Waals surface area contributed by atoms with Gasteiger partial charge in [-0.05, 0) is 62.1 Å². The van der Waals surface area contributed by atoms with Crippen molar-refractivity contribution in [2.75, 3.05) is 19.6 Å². The van der Waals surface area contributed by atoms with Crippen LogP contribution in [-0.2, 0) is 14.8 Å². The molecule has 0 bridgehead atoms. The molecule has 1 unspecified atom stereocenters. The number of hydrogen-bond acceptors (Lipinski definition) is 5. The monoisotopic (exact) mass is 406 g/mol. The van der Waals surface area contributed by atoms with E-state index in [0.29, 0.717) is 36.6 Å². The van der Waals surface area contributed by atoms with Gasteiger partial charge in [0.05, 0.1) is 17.7 Å². The molecule has 1 aromatic carbocycles. The third-order valence-electron chi connectivity index (χ3n) is 5.28. The minimum absolute atomic E-state index is 0.0630. The Kier molecular flexibility index (Phi) is 6.22. The van der Waals surface area contributed by atoms with E-state index in [9.17, 15) is 18.3 Å². The minimum atomic E-state index is -3.56. The van der Waals surface area contributed by atoms with E-state index in [1.807, 2.05) is 19.9 Å². The highest BCUT2D eigenvalue weighted by atomic mass is 32.2. The minimum Gasteiger partial charge on any atom is -0.467 e. The molecule has 1 amide bonds. The normalized spacial score (nSPS) is 17.4. The number of carbonyl (C=O) groups is 1. The van der Waals surface area contributed by atoms with Crippen molar-refractivity contribution in [1.82, 2.24) is 9.62 Å². The first-order chi connectivity index (χ1) is 13.3. The quantitative estimate of drug-likeness (QED) is 0.766. The first kappa shape index (κ1) is 20.6. The maximum atomic E-state index is 12.9. The molecule has 3 rings (SSSR count). The molecule has 0 radical (unpaired) electrons. The number of nitrogens with zero attached hydrogens (tertiary/aromatic N) is 1.